The summed E-state index contributed by atoms with van der Waals surface area (Å²) < 4.78 is 10.4. The Morgan fingerprint density at radius 3 is 2.85 bits per heavy atom. The number of aryl methyl sites for hydroxylation is 1. The van der Waals surface area contributed by atoms with Gasteiger partial charge in [0.1, 0.15) is 17.5 Å². The first-order valence-corrected chi connectivity index (χ1v) is 6.67. The number of hydrogen-bond acceptors (Lipinski definition) is 7. The van der Waals surface area contributed by atoms with Gasteiger partial charge in [0.15, 0.2) is 0 Å². The molecule has 7 nitrogen and oxygen atoms in total. The molecule has 20 heavy (non-hydrogen) atoms. The molecule has 1 N–H and O–H groups in total. The summed E-state index contributed by atoms with van der Waals surface area (Å²) in [6, 6.07) is 0. The third kappa shape index (κ3) is 2.34. The van der Waals surface area contributed by atoms with Crippen molar-refractivity contribution in [3.63, 3.8) is 0 Å². The van der Waals surface area contributed by atoms with Gasteiger partial charge in [-0.05, 0) is 6.92 Å². The van der Waals surface area contributed by atoms with E-state index >= 15 is 0 Å². The van der Waals surface area contributed by atoms with E-state index in [4.69, 9.17) is 9.26 Å². The van der Waals surface area contributed by atoms with E-state index in [2.05, 4.69) is 15.1 Å². The SMILES string of the molecule is Cc1noc2ncnc(N(C)CC3(O)CCOCC3)c12. The van der Waals surface area contributed by atoms with Gasteiger partial charge >= 0.3 is 0 Å². The molecule has 0 radical (unpaired) electrons. The molecule has 3 rings (SSSR count). The molecular formula is C13H18N4O3. The molecule has 0 atom stereocenters. The van der Waals surface area contributed by atoms with Crippen molar-refractivity contribution in [1.82, 2.24) is 15.1 Å². The summed E-state index contributed by atoms with van der Waals surface area (Å²) in [5.41, 5.74) is 0.481. The van der Waals surface area contributed by atoms with Gasteiger partial charge in [-0.2, -0.15) is 4.98 Å². The maximum atomic E-state index is 10.6. The van der Waals surface area contributed by atoms with Crippen molar-refractivity contribution in [3.8, 4) is 0 Å². The molecule has 1 saturated heterocycles. The molecule has 0 amide bonds. The van der Waals surface area contributed by atoms with Crippen molar-refractivity contribution in [2.24, 2.45) is 0 Å². The summed E-state index contributed by atoms with van der Waals surface area (Å²) in [7, 11) is 1.90. The van der Waals surface area contributed by atoms with E-state index in [0.29, 0.717) is 38.3 Å². The third-order valence-electron chi connectivity index (χ3n) is 3.74. The molecule has 0 spiro atoms. The first-order valence-electron chi connectivity index (χ1n) is 6.67. The summed E-state index contributed by atoms with van der Waals surface area (Å²) in [6.45, 7) is 3.54. The van der Waals surface area contributed by atoms with E-state index in [-0.39, 0.29) is 0 Å². The van der Waals surface area contributed by atoms with Gasteiger partial charge in [0.25, 0.3) is 5.71 Å². The number of fused-ring (bicyclic) bond motifs is 1. The van der Waals surface area contributed by atoms with Crippen LogP contribution in [0.4, 0.5) is 5.82 Å². The molecule has 3 heterocycles. The zero-order chi connectivity index (χ0) is 14.2. The number of aromatic nitrogens is 3. The molecule has 2 aromatic heterocycles. The number of likely N-dealkylation sites (N-methyl/N-ethyl adjacent to an activating group) is 1. The van der Waals surface area contributed by atoms with Crippen molar-refractivity contribution in [1.29, 1.82) is 0 Å². The molecule has 7 heteroatoms. The second-order valence-corrected chi connectivity index (χ2v) is 5.34. The second kappa shape index (κ2) is 4.99. The number of rotatable bonds is 3. The Morgan fingerprint density at radius 2 is 2.10 bits per heavy atom. The second-order valence-electron chi connectivity index (χ2n) is 5.34. The summed E-state index contributed by atoms with van der Waals surface area (Å²) in [5, 5.41) is 15.3. The van der Waals surface area contributed by atoms with Crippen LogP contribution in [0.3, 0.4) is 0 Å². The van der Waals surface area contributed by atoms with E-state index in [1.807, 2.05) is 18.9 Å². The molecule has 2 aromatic rings. The quantitative estimate of drug-likeness (QED) is 0.893. The molecule has 108 valence electrons. The number of hydrogen-bond donors (Lipinski definition) is 1. The zero-order valence-corrected chi connectivity index (χ0v) is 11.7. The highest BCUT2D eigenvalue weighted by Gasteiger charge is 2.32. The fraction of sp³-hybridized carbons (Fsp3) is 0.615. The topological polar surface area (TPSA) is 84.5 Å². The van der Waals surface area contributed by atoms with Crippen LogP contribution in [0.15, 0.2) is 10.9 Å². The first-order chi connectivity index (χ1) is 9.59. The van der Waals surface area contributed by atoms with Crippen molar-refractivity contribution < 1.29 is 14.4 Å². The van der Waals surface area contributed by atoms with E-state index in [1.165, 1.54) is 6.33 Å². The fourth-order valence-corrected chi connectivity index (χ4v) is 2.62. The average Bonchev–Trinajstić information content (AvgIpc) is 2.81. The molecule has 1 aliphatic heterocycles. The molecule has 1 fully saturated rings. The van der Waals surface area contributed by atoms with Gasteiger partial charge in [-0.3, -0.25) is 0 Å². The van der Waals surface area contributed by atoms with E-state index in [1.54, 1.807) is 0 Å². The number of nitrogens with zero attached hydrogens (tertiary/aromatic N) is 4. The van der Waals surface area contributed by atoms with Crippen molar-refractivity contribution in [2.45, 2.75) is 25.4 Å². The Morgan fingerprint density at radius 1 is 1.35 bits per heavy atom. The number of anilines is 1. The molecule has 1 aliphatic rings. The van der Waals surface area contributed by atoms with Crippen LogP contribution in [0.5, 0.6) is 0 Å². The minimum Gasteiger partial charge on any atom is -0.388 e. The maximum absolute atomic E-state index is 10.6. The highest BCUT2D eigenvalue weighted by Crippen LogP contribution is 2.28. The Hall–Kier alpha value is -1.73. The van der Waals surface area contributed by atoms with Crippen LogP contribution in [0, 0.1) is 6.92 Å². The fourth-order valence-electron chi connectivity index (χ4n) is 2.62. The van der Waals surface area contributed by atoms with Crippen molar-refractivity contribution >= 4 is 16.9 Å². The van der Waals surface area contributed by atoms with Crippen molar-refractivity contribution in [3.05, 3.63) is 12.0 Å². The predicted octanol–water partition coefficient (Wildman–Crippen LogP) is 0.904. The van der Waals surface area contributed by atoms with Crippen LogP contribution >= 0.6 is 0 Å². The summed E-state index contributed by atoms with van der Waals surface area (Å²) in [5.74, 6) is 0.730. The molecule has 0 unspecified atom stereocenters. The Bertz CT molecular complexity index is 607. The van der Waals surface area contributed by atoms with Gasteiger partial charge in [-0.15, -0.1) is 0 Å². The Kier molecular flexibility index (Phi) is 3.31. The van der Waals surface area contributed by atoms with Gasteiger partial charge in [-0.1, -0.05) is 5.16 Å². The lowest BCUT2D eigenvalue weighted by molar-refractivity contribution is -0.0573. The van der Waals surface area contributed by atoms with Crippen LogP contribution in [-0.2, 0) is 4.74 Å². The van der Waals surface area contributed by atoms with Crippen LogP contribution < -0.4 is 4.90 Å². The van der Waals surface area contributed by atoms with Gasteiger partial charge < -0.3 is 19.3 Å². The highest BCUT2D eigenvalue weighted by atomic mass is 16.5. The van der Waals surface area contributed by atoms with Crippen LogP contribution in [0.25, 0.3) is 11.1 Å². The van der Waals surface area contributed by atoms with Gasteiger partial charge in [0.2, 0.25) is 0 Å². The number of aliphatic hydroxyl groups is 1. The minimum atomic E-state index is -0.741. The van der Waals surface area contributed by atoms with E-state index in [0.717, 1.165) is 16.9 Å². The summed E-state index contributed by atoms with van der Waals surface area (Å²) in [6.07, 6.45) is 2.72. The normalized spacial score (nSPS) is 18.4. The monoisotopic (exact) mass is 278 g/mol. The lowest BCUT2D eigenvalue weighted by Gasteiger charge is -2.35. The third-order valence-corrected chi connectivity index (χ3v) is 3.74. The smallest absolute Gasteiger partial charge is 0.263 e. The van der Waals surface area contributed by atoms with Gasteiger partial charge in [0, 0.05) is 39.6 Å². The maximum Gasteiger partial charge on any atom is 0.263 e. The largest absolute Gasteiger partial charge is 0.388 e. The molecule has 0 aliphatic carbocycles. The predicted molar refractivity (Wildman–Crippen MR) is 72.6 cm³/mol. The molecular weight excluding hydrogens is 260 g/mol. The van der Waals surface area contributed by atoms with Crippen LogP contribution in [0.2, 0.25) is 0 Å². The zero-order valence-electron chi connectivity index (χ0n) is 11.7. The van der Waals surface area contributed by atoms with E-state index < -0.39 is 5.60 Å². The highest BCUT2D eigenvalue weighted by molar-refractivity contribution is 5.87. The molecule has 0 bridgehead atoms. The van der Waals surface area contributed by atoms with Crippen molar-refractivity contribution in [2.75, 3.05) is 31.7 Å². The molecule has 0 aromatic carbocycles. The Balaban J connectivity index is 1.88. The standard InChI is InChI=1S/C13H18N4O3/c1-9-10-11(14-8-15-12(10)20-16-9)17(2)7-13(18)3-5-19-6-4-13/h8,18H,3-7H2,1-2H3. The lowest BCUT2D eigenvalue weighted by Crippen LogP contribution is -2.46. The number of ether oxygens (including phenoxy) is 1. The van der Waals surface area contributed by atoms with Crippen LogP contribution in [-0.4, -0.2) is 52.6 Å². The Labute approximate surface area is 116 Å². The summed E-state index contributed by atoms with van der Waals surface area (Å²) in [4.78, 5) is 10.3. The summed E-state index contributed by atoms with van der Waals surface area (Å²) >= 11 is 0. The van der Waals surface area contributed by atoms with Gasteiger partial charge in [0.05, 0.1) is 11.3 Å². The van der Waals surface area contributed by atoms with Crippen LogP contribution in [0.1, 0.15) is 18.5 Å². The van der Waals surface area contributed by atoms with E-state index in [9.17, 15) is 5.11 Å². The average molecular weight is 278 g/mol. The lowest BCUT2D eigenvalue weighted by atomic mass is 9.94. The minimum absolute atomic E-state index is 0.471. The first kappa shape index (κ1) is 13.3. The van der Waals surface area contributed by atoms with Gasteiger partial charge in [-0.25, -0.2) is 4.98 Å². The molecule has 0 saturated carbocycles.